The van der Waals surface area contributed by atoms with Crippen LogP contribution in [0.15, 0.2) is 18.2 Å². The molecule has 0 bridgehead atoms. The number of hydrogen-bond donors (Lipinski definition) is 2. The van der Waals surface area contributed by atoms with Crippen LogP contribution in [0, 0.1) is 11.7 Å². The molecule has 1 unspecified atom stereocenters. The molecule has 0 saturated heterocycles. The van der Waals surface area contributed by atoms with Crippen LogP contribution in [0.1, 0.15) is 18.9 Å². The molecule has 5 heteroatoms. The molecule has 2 N–H and O–H groups in total. The molecule has 1 rings (SSSR count). The number of benzene rings is 1. The van der Waals surface area contributed by atoms with E-state index in [1.807, 2.05) is 0 Å². The SMILES string of the molecule is CCC(CNCc1cc(Cl)ccc1F)C(=O)O. The van der Waals surface area contributed by atoms with Crippen molar-refractivity contribution in [3.63, 3.8) is 0 Å². The Morgan fingerprint density at radius 3 is 2.88 bits per heavy atom. The van der Waals surface area contributed by atoms with Gasteiger partial charge in [0.15, 0.2) is 0 Å². The van der Waals surface area contributed by atoms with E-state index in [0.717, 1.165) is 0 Å². The molecule has 17 heavy (non-hydrogen) atoms. The highest BCUT2D eigenvalue weighted by atomic mass is 35.5. The Labute approximate surface area is 105 Å². The summed E-state index contributed by atoms with van der Waals surface area (Å²) in [4.78, 5) is 10.8. The highest BCUT2D eigenvalue weighted by Crippen LogP contribution is 2.14. The fourth-order valence-corrected chi connectivity index (χ4v) is 1.66. The van der Waals surface area contributed by atoms with E-state index >= 15 is 0 Å². The number of carboxylic acids is 1. The first kappa shape index (κ1) is 13.9. The van der Waals surface area contributed by atoms with Crippen molar-refractivity contribution in [1.82, 2.24) is 5.32 Å². The molecular formula is C12H15ClFNO2. The van der Waals surface area contributed by atoms with Crippen LogP contribution in [0.2, 0.25) is 5.02 Å². The zero-order valence-electron chi connectivity index (χ0n) is 9.54. The smallest absolute Gasteiger partial charge is 0.307 e. The van der Waals surface area contributed by atoms with Crippen LogP contribution in [-0.4, -0.2) is 17.6 Å². The van der Waals surface area contributed by atoms with Gasteiger partial charge in [-0.2, -0.15) is 0 Å². The van der Waals surface area contributed by atoms with Gasteiger partial charge in [-0.05, 0) is 24.6 Å². The second kappa shape index (κ2) is 6.57. The van der Waals surface area contributed by atoms with E-state index in [2.05, 4.69) is 5.32 Å². The van der Waals surface area contributed by atoms with Crippen LogP contribution in [0.25, 0.3) is 0 Å². The molecule has 0 aliphatic heterocycles. The molecule has 0 saturated carbocycles. The molecule has 0 aromatic heterocycles. The zero-order valence-corrected chi connectivity index (χ0v) is 10.3. The van der Waals surface area contributed by atoms with Crippen molar-refractivity contribution in [2.45, 2.75) is 19.9 Å². The standard InChI is InChI=1S/C12H15ClFNO2/c1-2-8(12(16)17)6-15-7-9-5-10(13)3-4-11(9)14/h3-5,8,15H,2,6-7H2,1H3,(H,16,17). The second-order valence-corrected chi connectivity index (χ2v) is 4.25. The summed E-state index contributed by atoms with van der Waals surface area (Å²) < 4.78 is 13.3. The molecule has 1 atom stereocenters. The lowest BCUT2D eigenvalue weighted by Crippen LogP contribution is -2.27. The minimum absolute atomic E-state index is 0.274. The largest absolute Gasteiger partial charge is 0.481 e. The predicted molar refractivity (Wildman–Crippen MR) is 64.5 cm³/mol. The molecule has 0 aliphatic carbocycles. The summed E-state index contributed by atoms with van der Waals surface area (Å²) in [6, 6.07) is 4.31. The van der Waals surface area contributed by atoms with Crippen LogP contribution in [0.5, 0.6) is 0 Å². The number of carboxylic acid groups (broad SMARTS) is 1. The normalized spacial score (nSPS) is 12.4. The topological polar surface area (TPSA) is 49.3 Å². The molecule has 3 nitrogen and oxygen atoms in total. The van der Waals surface area contributed by atoms with Crippen molar-refractivity contribution in [2.24, 2.45) is 5.92 Å². The summed E-state index contributed by atoms with van der Waals surface area (Å²) in [5, 5.41) is 12.2. The van der Waals surface area contributed by atoms with Gasteiger partial charge in [0.05, 0.1) is 5.92 Å². The van der Waals surface area contributed by atoms with E-state index in [0.29, 0.717) is 23.6 Å². The number of nitrogens with one attached hydrogen (secondary N) is 1. The van der Waals surface area contributed by atoms with E-state index in [-0.39, 0.29) is 12.4 Å². The average Bonchev–Trinajstić information content (AvgIpc) is 2.28. The zero-order chi connectivity index (χ0) is 12.8. The first-order valence-corrected chi connectivity index (χ1v) is 5.79. The lowest BCUT2D eigenvalue weighted by molar-refractivity contribution is -0.141. The van der Waals surface area contributed by atoms with Crippen molar-refractivity contribution in [3.8, 4) is 0 Å². The van der Waals surface area contributed by atoms with Crippen LogP contribution < -0.4 is 5.32 Å². The molecule has 0 spiro atoms. The Morgan fingerprint density at radius 2 is 2.29 bits per heavy atom. The quantitative estimate of drug-likeness (QED) is 0.826. The van der Waals surface area contributed by atoms with E-state index < -0.39 is 11.9 Å². The van der Waals surface area contributed by atoms with Crippen molar-refractivity contribution >= 4 is 17.6 Å². The number of aliphatic carboxylic acids is 1. The van der Waals surface area contributed by atoms with Crippen LogP contribution in [0.4, 0.5) is 4.39 Å². The molecule has 94 valence electrons. The van der Waals surface area contributed by atoms with Gasteiger partial charge >= 0.3 is 5.97 Å². The third kappa shape index (κ3) is 4.32. The fourth-order valence-electron chi connectivity index (χ4n) is 1.47. The summed E-state index contributed by atoms with van der Waals surface area (Å²) >= 11 is 5.75. The van der Waals surface area contributed by atoms with E-state index in [9.17, 15) is 9.18 Å². The van der Waals surface area contributed by atoms with Crippen LogP contribution in [0.3, 0.4) is 0 Å². The van der Waals surface area contributed by atoms with Gasteiger partial charge in [0.1, 0.15) is 5.82 Å². The lowest BCUT2D eigenvalue weighted by atomic mass is 10.1. The monoisotopic (exact) mass is 259 g/mol. The van der Waals surface area contributed by atoms with Crippen molar-refractivity contribution < 1.29 is 14.3 Å². The van der Waals surface area contributed by atoms with Gasteiger partial charge in [-0.15, -0.1) is 0 Å². The van der Waals surface area contributed by atoms with Crippen LogP contribution in [-0.2, 0) is 11.3 Å². The Morgan fingerprint density at radius 1 is 1.59 bits per heavy atom. The van der Waals surface area contributed by atoms with Crippen molar-refractivity contribution in [2.75, 3.05) is 6.54 Å². The Kier molecular flexibility index (Phi) is 5.38. The fraction of sp³-hybridized carbons (Fsp3) is 0.417. The lowest BCUT2D eigenvalue weighted by Gasteiger charge is -2.11. The van der Waals surface area contributed by atoms with E-state index in [1.165, 1.54) is 18.2 Å². The summed E-state index contributed by atoms with van der Waals surface area (Å²) in [5.41, 5.74) is 0.442. The molecule has 0 fully saturated rings. The molecule has 0 radical (unpaired) electrons. The molecule has 0 amide bonds. The summed E-state index contributed by atoms with van der Waals surface area (Å²) in [5.74, 6) is -1.63. The molecule has 0 aliphatic rings. The Balaban J connectivity index is 2.50. The van der Waals surface area contributed by atoms with Gasteiger partial charge < -0.3 is 10.4 Å². The Bertz CT molecular complexity index is 398. The van der Waals surface area contributed by atoms with Gasteiger partial charge in [0, 0.05) is 23.7 Å². The van der Waals surface area contributed by atoms with Gasteiger partial charge in [-0.3, -0.25) is 4.79 Å². The van der Waals surface area contributed by atoms with Crippen molar-refractivity contribution in [1.29, 1.82) is 0 Å². The summed E-state index contributed by atoms with van der Waals surface area (Å²) in [6.07, 6.45) is 0.542. The maximum Gasteiger partial charge on any atom is 0.307 e. The van der Waals surface area contributed by atoms with Crippen LogP contribution >= 0.6 is 11.6 Å². The summed E-state index contributed by atoms with van der Waals surface area (Å²) in [6.45, 7) is 2.40. The Hall–Kier alpha value is -1.13. The van der Waals surface area contributed by atoms with Gasteiger partial charge in [0.25, 0.3) is 0 Å². The third-order valence-electron chi connectivity index (χ3n) is 2.56. The number of rotatable bonds is 6. The third-order valence-corrected chi connectivity index (χ3v) is 2.79. The predicted octanol–water partition coefficient (Wildman–Crippen LogP) is 2.68. The summed E-state index contributed by atoms with van der Waals surface area (Å²) in [7, 11) is 0. The van der Waals surface area contributed by atoms with E-state index in [1.54, 1.807) is 6.92 Å². The maximum absolute atomic E-state index is 13.3. The molecule has 1 aromatic rings. The van der Waals surface area contributed by atoms with Gasteiger partial charge in [0.2, 0.25) is 0 Å². The molecular weight excluding hydrogens is 245 g/mol. The highest BCUT2D eigenvalue weighted by molar-refractivity contribution is 6.30. The second-order valence-electron chi connectivity index (χ2n) is 3.81. The van der Waals surface area contributed by atoms with E-state index in [4.69, 9.17) is 16.7 Å². The average molecular weight is 260 g/mol. The number of carbonyl (C=O) groups is 1. The van der Waals surface area contributed by atoms with Crippen molar-refractivity contribution in [3.05, 3.63) is 34.6 Å². The molecule has 0 heterocycles. The first-order valence-electron chi connectivity index (χ1n) is 5.42. The highest BCUT2D eigenvalue weighted by Gasteiger charge is 2.14. The van der Waals surface area contributed by atoms with Gasteiger partial charge in [-0.25, -0.2) is 4.39 Å². The minimum atomic E-state index is -0.841. The molecule has 1 aromatic carbocycles. The minimum Gasteiger partial charge on any atom is -0.481 e. The number of hydrogen-bond acceptors (Lipinski definition) is 2. The first-order chi connectivity index (χ1) is 8.04. The number of halogens is 2. The van der Waals surface area contributed by atoms with Gasteiger partial charge in [-0.1, -0.05) is 18.5 Å². The maximum atomic E-state index is 13.3.